The maximum Gasteiger partial charge on any atom is 0.265 e. The Labute approximate surface area is 156 Å². The number of carbonyl (C=O) groups excluding carboxylic acids is 2. The highest BCUT2D eigenvalue weighted by Gasteiger charge is 2.18. The molecule has 2 amide bonds. The number of aromatic nitrogens is 4. The molecule has 10 nitrogen and oxygen atoms in total. The van der Waals surface area contributed by atoms with Crippen LogP contribution in [0.4, 0.5) is 0 Å². The highest BCUT2D eigenvalue weighted by molar-refractivity contribution is 5.84. The number of carbonyl (C=O) groups is 2. The minimum Gasteiger partial charge on any atom is -0.419 e. The predicted octanol–water partition coefficient (Wildman–Crippen LogP) is 0.169. The monoisotopic (exact) mass is 376 g/mol. The van der Waals surface area contributed by atoms with E-state index in [0.29, 0.717) is 51.1 Å². The van der Waals surface area contributed by atoms with Crippen molar-refractivity contribution >= 4 is 11.8 Å². The molecule has 0 aromatic carbocycles. The van der Waals surface area contributed by atoms with Gasteiger partial charge in [-0.15, -0.1) is 10.2 Å². The Morgan fingerprint density at radius 3 is 2.78 bits per heavy atom. The molecule has 1 aliphatic rings. The van der Waals surface area contributed by atoms with E-state index in [0.717, 1.165) is 11.4 Å². The molecule has 0 spiro atoms. The van der Waals surface area contributed by atoms with Crippen molar-refractivity contribution in [1.29, 1.82) is 0 Å². The summed E-state index contributed by atoms with van der Waals surface area (Å²) in [6.45, 7) is 6.76. The largest absolute Gasteiger partial charge is 0.419 e. The fraction of sp³-hybridized carbons (Fsp3) is 0.588. The third-order valence-electron chi connectivity index (χ3n) is 4.25. The van der Waals surface area contributed by atoms with E-state index < -0.39 is 0 Å². The Kier molecular flexibility index (Phi) is 6.17. The first-order chi connectivity index (χ1) is 13.1. The van der Waals surface area contributed by atoms with Gasteiger partial charge in [0.15, 0.2) is 0 Å². The van der Waals surface area contributed by atoms with E-state index in [4.69, 9.17) is 9.15 Å². The van der Waals surface area contributed by atoms with E-state index >= 15 is 0 Å². The molecule has 0 atom stereocenters. The van der Waals surface area contributed by atoms with E-state index in [1.165, 1.54) is 0 Å². The second-order valence-electron chi connectivity index (χ2n) is 6.26. The zero-order valence-electron chi connectivity index (χ0n) is 15.6. The lowest BCUT2D eigenvalue weighted by Crippen LogP contribution is -2.45. The van der Waals surface area contributed by atoms with E-state index in [2.05, 4.69) is 20.6 Å². The lowest BCUT2D eigenvalue weighted by atomic mass is 10.3. The molecule has 0 aliphatic carbocycles. The van der Waals surface area contributed by atoms with Crippen LogP contribution in [-0.2, 0) is 27.3 Å². The number of amides is 2. The molecule has 3 heterocycles. The van der Waals surface area contributed by atoms with Crippen LogP contribution in [-0.4, -0.2) is 69.5 Å². The quantitative estimate of drug-likeness (QED) is 0.732. The molecule has 0 saturated carbocycles. The molecule has 146 valence electrons. The predicted molar refractivity (Wildman–Crippen MR) is 94.7 cm³/mol. The summed E-state index contributed by atoms with van der Waals surface area (Å²) in [6.07, 6.45) is 0.480. The number of hydrogen-bond acceptors (Lipinski definition) is 7. The molecule has 1 N–H and O–H groups in total. The van der Waals surface area contributed by atoms with Gasteiger partial charge in [0.25, 0.3) is 5.89 Å². The Bertz CT molecular complexity index is 793. The van der Waals surface area contributed by atoms with Gasteiger partial charge in [0.1, 0.15) is 5.69 Å². The molecule has 0 bridgehead atoms. The number of hydrogen-bond donors (Lipinski definition) is 1. The second kappa shape index (κ2) is 8.76. The van der Waals surface area contributed by atoms with E-state index in [1.54, 1.807) is 9.58 Å². The fourth-order valence-electron chi connectivity index (χ4n) is 2.82. The standard InChI is InChI=1S/C17H24N6O4/c1-3-23-13(10-12(2)21-23)17-20-19-15(27-17)5-4-14(24)18-11-16(25)22-6-8-26-9-7-22/h10H,3-9,11H2,1-2H3,(H,18,24). The van der Waals surface area contributed by atoms with Gasteiger partial charge in [-0.2, -0.15) is 5.10 Å². The molecule has 3 rings (SSSR count). The molecule has 0 radical (unpaired) electrons. The fourth-order valence-corrected chi connectivity index (χ4v) is 2.82. The average molecular weight is 376 g/mol. The summed E-state index contributed by atoms with van der Waals surface area (Å²) in [5.74, 6) is 0.428. The van der Waals surface area contributed by atoms with Gasteiger partial charge < -0.3 is 19.4 Å². The summed E-state index contributed by atoms with van der Waals surface area (Å²) in [5, 5.41) is 15.0. The van der Waals surface area contributed by atoms with Crippen LogP contribution in [0.25, 0.3) is 11.6 Å². The van der Waals surface area contributed by atoms with Gasteiger partial charge in [0, 0.05) is 32.5 Å². The molecule has 2 aromatic heterocycles. The molecule has 27 heavy (non-hydrogen) atoms. The van der Waals surface area contributed by atoms with Crippen molar-refractivity contribution in [1.82, 2.24) is 30.2 Å². The first-order valence-corrected chi connectivity index (χ1v) is 9.06. The van der Waals surface area contributed by atoms with Crippen LogP contribution in [0.15, 0.2) is 10.5 Å². The third kappa shape index (κ3) is 4.91. The van der Waals surface area contributed by atoms with E-state index in [-0.39, 0.29) is 24.8 Å². The maximum absolute atomic E-state index is 12.0. The molecule has 1 aliphatic heterocycles. The first kappa shape index (κ1) is 19.0. The van der Waals surface area contributed by atoms with Crippen molar-refractivity contribution in [3.63, 3.8) is 0 Å². The Morgan fingerprint density at radius 1 is 1.26 bits per heavy atom. The Hall–Kier alpha value is -2.75. The second-order valence-corrected chi connectivity index (χ2v) is 6.26. The molecule has 2 aromatic rings. The molecular formula is C17H24N6O4. The number of rotatable bonds is 7. The number of nitrogens with one attached hydrogen (secondary N) is 1. The number of aryl methyl sites for hydroxylation is 3. The van der Waals surface area contributed by atoms with Crippen molar-refractivity contribution in [2.24, 2.45) is 0 Å². The average Bonchev–Trinajstić information content (AvgIpc) is 3.31. The van der Waals surface area contributed by atoms with Gasteiger partial charge in [0.2, 0.25) is 17.7 Å². The van der Waals surface area contributed by atoms with Crippen molar-refractivity contribution in [2.45, 2.75) is 33.2 Å². The lowest BCUT2D eigenvalue weighted by molar-refractivity contribution is -0.136. The van der Waals surface area contributed by atoms with Crippen LogP contribution in [0, 0.1) is 6.92 Å². The van der Waals surface area contributed by atoms with Crippen LogP contribution >= 0.6 is 0 Å². The van der Waals surface area contributed by atoms with Gasteiger partial charge in [-0.1, -0.05) is 0 Å². The first-order valence-electron chi connectivity index (χ1n) is 9.06. The molecule has 1 fully saturated rings. The smallest absolute Gasteiger partial charge is 0.265 e. The van der Waals surface area contributed by atoms with Gasteiger partial charge in [-0.05, 0) is 19.9 Å². The van der Waals surface area contributed by atoms with Crippen molar-refractivity contribution < 1.29 is 18.7 Å². The van der Waals surface area contributed by atoms with Crippen molar-refractivity contribution in [3.05, 3.63) is 17.7 Å². The highest BCUT2D eigenvalue weighted by atomic mass is 16.5. The van der Waals surface area contributed by atoms with Crippen molar-refractivity contribution in [2.75, 3.05) is 32.8 Å². The summed E-state index contributed by atoms with van der Waals surface area (Å²) in [7, 11) is 0. The minimum atomic E-state index is -0.231. The lowest BCUT2D eigenvalue weighted by Gasteiger charge is -2.26. The van der Waals surface area contributed by atoms with Crippen LogP contribution in [0.2, 0.25) is 0 Å². The van der Waals surface area contributed by atoms with Crippen LogP contribution in [0.1, 0.15) is 24.9 Å². The summed E-state index contributed by atoms with van der Waals surface area (Å²) in [4.78, 5) is 25.7. The minimum absolute atomic E-state index is 0.0110. The van der Waals surface area contributed by atoms with Gasteiger partial charge in [0.05, 0.1) is 25.5 Å². The van der Waals surface area contributed by atoms with Gasteiger partial charge in [-0.3, -0.25) is 14.3 Å². The van der Waals surface area contributed by atoms with Crippen LogP contribution in [0.5, 0.6) is 0 Å². The van der Waals surface area contributed by atoms with Crippen LogP contribution < -0.4 is 5.32 Å². The number of nitrogens with zero attached hydrogens (tertiary/aromatic N) is 5. The Morgan fingerprint density at radius 2 is 2.04 bits per heavy atom. The van der Waals surface area contributed by atoms with Crippen molar-refractivity contribution in [3.8, 4) is 11.6 Å². The van der Waals surface area contributed by atoms with Gasteiger partial charge >= 0.3 is 0 Å². The summed E-state index contributed by atoms with van der Waals surface area (Å²) in [6, 6.07) is 1.88. The summed E-state index contributed by atoms with van der Waals surface area (Å²) in [5.41, 5.74) is 1.63. The Balaban J connectivity index is 1.46. The SMILES string of the molecule is CCn1nc(C)cc1-c1nnc(CCC(=O)NCC(=O)N2CCOCC2)o1. The number of morpholine rings is 1. The van der Waals surface area contributed by atoms with Gasteiger partial charge in [-0.25, -0.2) is 0 Å². The molecule has 10 heteroatoms. The topological polar surface area (TPSA) is 115 Å². The van der Waals surface area contributed by atoms with E-state index in [9.17, 15) is 9.59 Å². The third-order valence-corrected chi connectivity index (χ3v) is 4.25. The normalized spacial score (nSPS) is 14.4. The maximum atomic E-state index is 12.0. The zero-order valence-corrected chi connectivity index (χ0v) is 15.6. The summed E-state index contributed by atoms with van der Waals surface area (Å²) >= 11 is 0. The molecular weight excluding hydrogens is 352 g/mol. The zero-order chi connectivity index (χ0) is 19.2. The van der Waals surface area contributed by atoms with Crippen LogP contribution in [0.3, 0.4) is 0 Å². The molecule has 1 saturated heterocycles. The number of ether oxygens (including phenoxy) is 1. The highest BCUT2D eigenvalue weighted by Crippen LogP contribution is 2.19. The molecule has 0 unspecified atom stereocenters. The summed E-state index contributed by atoms with van der Waals surface area (Å²) < 4.78 is 12.6. The van der Waals surface area contributed by atoms with E-state index in [1.807, 2.05) is 19.9 Å².